The maximum Gasteiger partial charge on any atom is 0.278 e. The Bertz CT molecular complexity index is 1010. The lowest BCUT2D eigenvalue weighted by atomic mass is 10.3. The number of carbonyl (C=O) groups excluding carboxylic acids is 1. The summed E-state index contributed by atoms with van der Waals surface area (Å²) in [6, 6.07) is 8.98. The van der Waals surface area contributed by atoms with E-state index >= 15 is 0 Å². The third-order valence-corrected chi connectivity index (χ3v) is 4.82. The Morgan fingerprint density at radius 2 is 2.19 bits per heavy atom. The topological polar surface area (TPSA) is 89.0 Å². The van der Waals surface area contributed by atoms with Gasteiger partial charge in [-0.3, -0.25) is 14.2 Å². The third-order valence-electron chi connectivity index (χ3n) is 3.84. The van der Waals surface area contributed by atoms with Gasteiger partial charge < -0.3 is 15.0 Å². The Morgan fingerprint density at radius 3 is 2.92 bits per heavy atom. The number of hydrogen-bond donors (Lipinski definition) is 2. The first-order valence-electron chi connectivity index (χ1n) is 8.18. The lowest BCUT2D eigenvalue weighted by Gasteiger charge is -2.10. The lowest BCUT2D eigenvalue weighted by molar-refractivity contribution is -0.113. The maximum atomic E-state index is 12.6. The molecule has 1 amide bonds. The van der Waals surface area contributed by atoms with Crippen LogP contribution in [-0.2, 0) is 11.3 Å². The van der Waals surface area contributed by atoms with Crippen LogP contribution in [-0.4, -0.2) is 33.3 Å². The van der Waals surface area contributed by atoms with Crippen LogP contribution in [0.15, 0.2) is 40.3 Å². The molecular weight excluding hydrogens is 352 g/mol. The van der Waals surface area contributed by atoms with E-state index < -0.39 is 0 Å². The molecule has 2 N–H and O–H groups in total. The van der Waals surface area contributed by atoms with Gasteiger partial charge in [-0.1, -0.05) is 17.8 Å². The molecule has 3 aromatic rings. The number of carbonyl (C=O) groups is 1. The number of aryl methyl sites for hydroxylation is 1. The number of ether oxygens (including phenoxy) is 1. The fraction of sp³-hybridized carbons (Fsp3) is 0.278. The summed E-state index contributed by atoms with van der Waals surface area (Å²) >= 11 is 1.24. The second-order valence-electron chi connectivity index (χ2n) is 5.73. The Morgan fingerprint density at radius 1 is 1.38 bits per heavy atom. The molecule has 0 aliphatic heterocycles. The molecule has 0 spiro atoms. The zero-order chi connectivity index (χ0) is 18.7. The largest absolute Gasteiger partial charge is 0.497 e. The zero-order valence-corrected chi connectivity index (χ0v) is 15.6. The molecule has 0 radical (unpaired) electrons. The molecule has 0 aliphatic carbocycles. The molecule has 2 aromatic heterocycles. The average molecular weight is 372 g/mol. The Labute approximate surface area is 154 Å². The summed E-state index contributed by atoms with van der Waals surface area (Å²) in [6.07, 6.45) is 0. The highest BCUT2D eigenvalue weighted by Crippen LogP contribution is 2.20. The molecule has 0 fully saturated rings. The fourth-order valence-electron chi connectivity index (χ4n) is 2.63. The number of fused-ring (bicyclic) bond motifs is 1. The van der Waals surface area contributed by atoms with Crippen molar-refractivity contribution >= 4 is 34.4 Å². The van der Waals surface area contributed by atoms with Crippen LogP contribution >= 0.6 is 11.8 Å². The molecule has 2 heterocycles. The Hall–Kier alpha value is -2.74. The van der Waals surface area contributed by atoms with Crippen molar-refractivity contribution in [3.05, 3.63) is 46.4 Å². The van der Waals surface area contributed by atoms with Crippen molar-refractivity contribution in [1.82, 2.24) is 14.5 Å². The number of rotatable bonds is 6. The molecule has 3 rings (SSSR count). The predicted octanol–water partition coefficient (Wildman–Crippen LogP) is 2.79. The standard InChI is InChI=1S/C18H20N4O3S/c1-4-22-17(24)16-14(8-11(2)19-16)21-18(22)26-10-15(23)20-12-6-5-7-13(9-12)25-3/h5-9,19H,4,10H2,1-3H3,(H,20,23). The molecule has 1 aromatic carbocycles. The summed E-state index contributed by atoms with van der Waals surface area (Å²) in [5, 5.41) is 3.35. The van der Waals surface area contributed by atoms with Gasteiger partial charge in [-0.2, -0.15) is 0 Å². The van der Waals surface area contributed by atoms with Gasteiger partial charge in [0.05, 0.1) is 18.4 Å². The van der Waals surface area contributed by atoms with Crippen LogP contribution in [0, 0.1) is 6.92 Å². The van der Waals surface area contributed by atoms with Crippen LogP contribution < -0.4 is 15.6 Å². The van der Waals surface area contributed by atoms with Gasteiger partial charge in [0, 0.05) is 24.0 Å². The maximum absolute atomic E-state index is 12.6. The van der Waals surface area contributed by atoms with Crippen molar-refractivity contribution in [3.8, 4) is 5.75 Å². The van der Waals surface area contributed by atoms with Crippen molar-refractivity contribution in [2.24, 2.45) is 0 Å². The number of benzene rings is 1. The number of aromatic nitrogens is 3. The second-order valence-corrected chi connectivity index (χ2v) is 6.67. The van der Waals surface area contributed by atoms with Crippen LogP contribution in [0.5, 0.6) is 5.75 Å². The molecule has 0 saturated heterocycles. The number of nitrogens with one attached hydrogen (secondary N) is 2. The smallest absolute Gasteiger partial charge is 0.278 e. The van der Waals surface area contributed by atoms with Crippen molar-refractivity contribution in [1.29, 1.82) is 0 Å². The first kappa shape index (κ1) is 18.1. The number of thioether (sulfide) groups is 1. The van der Waals surface area contributed by atoms with Gasteiger partial charge in [0.25, 0.3) is 5.56 Å². The fourth-order valence-corrected chi connectivity index (χ4v) is 3.49. The molecule has 0 atom stereocenters. The minimum Gasteiger partial charge on any atom is -0.497 e. The number of anilines is 1. The number of aromatic amines is 1. The normalized spacial score (nSPS) is 10.9. The monoisotopic (exact) mass is 372 g/mol. The summed E-state index contributed by atoms with van der Waals surface area (Å²) in [5.74, 6) is 0.647. The molecule has 0 bridgehead atoms. The summed E-state index contributed by atoms with van der Waals surface area (Å²) in [7, 11) is 1.57. The number of hydrogen-bond acceptors (Lipinski definition) is 5. The minimum absolute atomic E-state index is 0.124. The quantitative estimate of drug-likeness (QED) is 0.513. The van der Waals surface area contributed by atoms with E-state index in [9.17, 15) is 9.59 Å². The molecular formula is C18H20N4O3S. The molecule has 8 heteroatoms. The van der Waals surface area contributed by atoms with Crippen LogP contribution in [0.4, 0.5) is 5.69 Å². The highest BCUT2D eigenvalue weighted by Gasteiger charge is 2.14. The van der Waals surface area contributed by atoms with Gasteiger partial charge in [-0.05, 0) is 32.0 Å². The first-order valence-corrected chi connectivity index (χ1v) is 9.17. The number of methoxy groups -OCH3 is 1. The van der Waals surface area contributed by atoms with Gasteiger partial charge in [0.15, 0.2) is 5.16 Å². The van der Waals surface area contributed by atoms with Crippen LogP contribution in [0.25, 0.3) is 11.0 Å². The highest BCUT2D eigenvalue weighted by atomic mass is 32.2. The van der Waals surface area contributed by atoms with E-state index in [1.54, 1.807) is 29.9 Å². The van der Waals surface area contributed by atoms with E-state index in [1.165, 1.54) is 11.8 Å². The van der Waals surface area contributed by atoms with E-state index in [2.05, 4.69) is 15.3 Å². The Kier molecular flexibility index (Phi) is 5.32. The first-order chi connectivity index (χ1) is 12.5. The summed E-state index contributed by atoms with van der Waals surface area (Å²) in [6.45, 7) is 4.25. The van der Waals surface area contributed by atoms with Crippen molar-refractivity contribution in [2.75, 3.05) is 18.2 Å². The summed E-state index contributed by atoms with van der Waals surface area (Å²) < 4.78 is 6.72. The van der Waals surface area contributed by atoms with E-state index in [0.717, 1.165) is 5.69 Å². The minimum atomic E-state index is -0.175. The van der Waals surface area contributed by atoms with Crippen molar-refractivity contribution in [2.45, 2.75) is 25.5 Å². The van der Waals surface area contributed by atoms with Gasteiger partial charge in [-0.15, -0.1) is 0 Å². The summed E-state index contributed by atoms with van der Waals surface area (Å²) in [4.78, 5) is 32.4. The van der Waals surface area contributed by atoms with Gasteiger partial charge in [0.2, 0.25) is 5.91 Å². The molecule has 0 saturated carbocycles. The molecule has 7 nitrogen and oxygen atoms in total. The van der Waals surface area contributed by atoms with Crippen LogP contribution in [0.3, 0.4) is 0 Å². The van der Waals surface area contributed by atoms with Crippen molar-refractivity contribution < 1.29 is 9.53 Å². The number of H-pyrrole nitrogens is 1. The zero-order valence-electron chi connectivity index (χ0n) is 14.8. The van der Waals surface area contributed by atoms with Crippen LogP contribution in [0.2, 0.25) is 0 Å². The molecule has 0 unspecified atom stereocenters. The van der Waals surface area contributed by atoms with Crippen LogP contribution in [0.1, 0.15) is 12.6 Å². The average Bonchev–Trinajstić information content (AvgIpc) is 3.01. The second kappa shape index (κ2) is 7.65. The lowest BCUT2D eigenvalue weighted by Crippen LogP contribution is -2.23. The van der Waals surface area contributed by atoms with E-state index in [-0.39, 0.29) is 17.2 Å². The number of amides is 1. The Balaban J connectivity index is 1.76. The van der Waals surface area contributed by atoms with Gasteiger partial charge in [-0.25, -0.2) is 4.98 Å². The van der Waals surface area contributed by atoms with Crippen molar-refractivity contribution in [3.63, 3.8) is 0 Å². The van der Waals surface area contributed by atoms with Gasteiger partial charge in [0.1, 0.15) is 11.3 Å². The van der Waals surface area contributed by atoms with E-state index in [0.29, 0.717) is 34.2 Å². The van der Waals surface area contributed by atoms with Gasteiger partial charge >= 0.3 is 0 Å². The van der Waals surface area contributed by atoms with E-state index in [4.69, 9.17) is 4.74 Å². The third kappa shape index (κ3) is 3.75. The number of nitrogens with zero attached hydrogens (tertiary/aromatic N) is 2. The highest BCUT2D eigenvalue weighted by molar-refractivity contribution is 7.99. The molecule has 0 aliphatic rings. The summed E-state index contributed by atoms with van der Waals surface area (Å²) in [5.41, 5.74) is 2.53. The van der Waals surface area contributed by atoms with E-state index in [1.807, 2.05) is 26.0 Å². The predicted molar refractivity (Wildman–Crippen MR) is 103 cm³/mol. The SMILES string of the molecule is CCn1c(SCC(=O)Nc2cccc(OC)c2)nc2cc(C)[nH]c2c1=O. The molecule has 136 valence electrons. The molecule has 26 heavy (non-hydrogen) atoms.